The fourth-order valence-corrected chi connectivity index (χ4v) is 1.48. The van der Waals surface area contributed by atoms with Gasteiger partial charge in [0.25, 0.3) is 0 Å². The molecule has 0 unspecified atom stereocenters. The van der Waals surface area contributed by atoms with Crippen molar-refractivity contribution in [1.82, 2.24) is 4.98 Å². The number of thiocarbonyl (C=S) groups is 1. The van der Waals surface area contributed by atoms with E-state index in [1.54, 1.807) is 12.4 Å². The minimum Gasteiger partial charge on any atom is -0.345 e. The van der Waals surface area contributed by atoms with Crippen molar-refractivity contribution in [2.75, 3.05) is 5.32 Å². The summed E-state index contributed by atoms with van der Waals surface area (Å²) in [4.78, 5) is 4.72. The van der Waals surface area contributed by atoms with Crippen LogP contribution in [0.5, 0.6) is 0 Å². The van der Waals surface area contributed by atoms with Gasteiger partial charge in [0, 0.05) is 11.8 Å². The van der Waals surface area contributed by atoms with E-state index in [0.29, 0.717) is 4.99 Å². The molecule has 0 spiro atoms. The van der Waals surface area contributed by atoms with Crippen LogP contribution in [0.1, 0.15) is 5.56 Å². The minimum absolute atomic E-state index is 0.712. The molecule has 0 saturated carbocycles. The van der Waals surface area contributed by atoms with Gasteiger partial charge < -0.3 is 5.32 Å². The lowest BCUT2D eigenvalue weighted by atomic mass is 10.2. The van der Waals surface area contributed by atoms with Crippen LogP contribution in [0.3, 0.4) is 0 Å². The number of aromatic nitrogens is 1. The molecule has 0 aliphatic heterocycles. The number of hydrogen-bond acceptors (Lipinski definition) is 2. The monoisotopic (exact) mass is 214 g/mol. The second kappa shape index (κ2) is 4.66. The van der Waals surface area contributed by atoms with Crippen molar-refractivity contribution in [3.63, 3.8) is 0 Å². The molecule has 1 aromatic heterocycles. The molecule has 1 aromatic carbocycles. The van der Waals surface area contributed by atoms with E-state index in [9.17, 15) is 0 Å². The van der Waals surface area contributed by atoms with Crippen molar-refractivity contribution >= 4 is 22.9 Å². The van der Waals surface area contributed by atoms with Crippen molar-refractivity contribution < 1.29 is 0 Å². The molecule has 0 bridgehead atoms. The molecule has 1 heterocycles. The van der Waals surface area contributed by atoms with Gasteiger partial charge in [0.2, 0.25) is 0 Å². The average molecular weight is 214 g/mol. The topological polar surface area (TPSA) is 24.9 Å². The smallest absolute Gasteiger partial charge is 0.111 e. The second-order valence-corrected chi connectivity index (χ2v) is 3.47. The first-order valence-corrected chi connectivity index (χ1v) is 5.03. The molecule has 74 valence electrons. The molecule has 0 atom stereocenters. The Hall–Kier alpha value is -1.74. The summed E-state index contributed by atoms with van der Waals surface area (Å²) in [6, 6.07) is 13.7. The molecule has 0 radical (unpaired) electrons. The van der Waals surface area contributed by atoms with Gasteiger partial charge in [-0.2, -0.15) is 0 Å². The molecule has 2 rings (SSSR count). The predicted molar refractivity (Wildman–Crippen MR) is 66.0 cm³/mol. The number of anilines is 1. The van der Waals surface area contributed by atoms with Crippen LogP contribution in [0.15, 0.2) is 54.9 Å². The van der Waals surface area contributed by atoms with Gasteiger partial charge in [-0.15, -0.1) is 0 Å². The fourth-order valence-electron chi connectivity index (χ4n) is 1.23. The number of pyridine rings is 1. The van der Waals surface area contributed by atoms with Gasteiger partial charge in [-0.05, 0) is 12.1 Å². The first kappa shape index (κ1) is 9.80. The van der Waals surface area contributed by atoms with Gasteiger partial charge in [-0.1, -0.05) is 42.5 Å². The summed E-state index contributed by atoms with van der Waals surface area (Å²) in [6.45, 7) is 0. The summed E-state index contributed by atoms with van der Waals surface area (Å²) in [5, 5.41) is 3.13. The van der Waals surface area contributed by atoms with Crippen LogP contribution in [0.25, 0.3) is 0 Å². The SMILES string of the molecule is S=C(Nc1cccnc1)c1ccccc1. The van der Waals surface area contributed by atoms with E-state index in [2.05, 4.69) is 10.3 Å². The lowest BCUT2D eigenvalue weighted by Gasteiger charge is -2.06. The second-order valence-electron chi connectivity index (χ2n) is 3.06. The van der Waals surface area contributed by atoms with E-state index < -0.39 is 0 Å². The molecule has 2 aromatic rings. The van der Waals surface area contributed by atoms with E-state index in [0.717, 1.165) is 11.3 Å². The Kier molecular flexibility index (Phi) is 3.05. The molecule has 0 aliphatic carbocycles. The third-order valence-corrected chi connectivity index (χ3v) is 2.29. The molecule has 1 N–H and O–H groups in total. The predicted octanol–water partition coefficient (Wildman–Crippen LogP) is 2.87. The summed E-state index contributed by atoms with van der Waals surface area (Å²) in [5.74, 6) is 0. The molecule has 0 aliphatic rings. The van der Waals surface area contributed by atoms with Crippen molar-refractivity contribution in [1.29, 1.82) is 0 Å². The highest BCUT2D eigenvalue weighted by Crippen LogP contribution is 2.07. The molecule has 2 nitrogen and oxygen atoms in total. The third kappa shape index (κ3) is 2.60. The van der Waals surface area contributed by atoms with Crippen LogP contribution in [0.4, 0.5) is 5.69 Å². The Morgan fingerprint density at radius 2 is 1.87 bits per heavy atom. The van der Waals surface area contributed by atoms with Crippen LogP contribution in [0.2, 0.25) is 0 Å². The van der Waals surface area contributed by atoms with Crippen LogP contribution in [-0.2, 0) is 0 Å². The fraction of sp³-hybridized carbons (Fsp3) is 0. The highest BCUT2D eigenvalue weighted by Gasteiger charge is 1.99. The van der Waals surface area contributed by atoms with Crippen LogP contribution in [-0.4, -0.2) is 9.97 Å². The normalized spacial score (nSPS) is 9.60. The van der Waals surface area contributed by atoms with E-state index in [1.807, 2.05) is 42.5 Å². The molecule has 0 amide bonds. The Morgan fingerprint density at radius 1 is 1.07 bits per heavy atom. The molecular weight excluding hydrogens is 204 g/mol. The lowest BCUT2D eigenvalue weighted by Crippen LogP contribution is -2.10. The number of nitrogens with one attached hydrogen (secondary N) is 1. The highest BCUT2D eigenvalue weighted by atomic mass is 32.1. The van der Waals surface area contributed by atoms with Gasteiger partial charge in [-0.25, -0.2) is 0 Å². The summed E-state index contributed by atoms with van der Waals surface area (Å²) in [5.41, 5.74) is 1.92. The van der Waals surface area contributed by atoms with E-state index in [-0.39, 0.29) is 0 Å². The Labute approximate surface area is 94.0 Å². The van der Waals surface area contributed by atoms with Crippen LogP contribution >= 0.6 is 12.2 Å². The van der Waals surface area contributed by atoms with Crippen molar-refractivity contribution in [3.8, 4) is 0 Å². The first-order valence-electron chi connectivity index (χ1n) is 4.63. The Bertz CT molecular complexity index is 440. The summed E-state index contributed by atoms with van der Waals surface area (Å²) in [7, 11) is 0. The van der Waals surface area contributed by atoms with Crippen molar-refractivity contribution in [3.05, 3.63) is 60.4 Å². The molecule has 3 heteroatoms. The summed E-state index contributed by atoms with van der Waals surface area (Å²) in [6.07, 6.45) is 3.48. The van der Waals surface area contributed by atoms with E-state index in [1.165, 1.54) is 0 Å². The quantitative estimate of drug-likeness (QED) is 0.778. The van der Waals surface area contributed by atoms with Gasteiger partial charge in [-0.3, -0.25) is 4.98 Å². The number of rotatable bonds is 2. The largest absolute Gasteiger partial charge is 0.345 e. The van der Waals surface area contributed by atoms with Crippen molar-refractivity contribution in [2.24, 2.45) is 0 Å². The number of benzene rings is 1. The van der Waals surface area contributed by atoms with Gasteiger partial charge in [0.05, 0.1) is 11.9 Å². The van der Waals surface area contributed by atoms with Crippen LogP contribution in [0, 0.1) is 0 Å². The standard InChI is InChI=1S/C12H10N2S/c15-12(10-5-2-1-3-6-10)14-11-7-4-8-13-9-11/h1-9H,(H,14,15). The first-order chi connectivity index (χ1) is 7.36. The Morgan fingerprint density at radius 3 is 2.53 bits per heavy atom. The maximum Gasteiger partial charge on any atom is 0.111 e. The van der Waals surface area contributed by atoms with Gasteiger partial charge >= 0.3 is 0 Å². The maximum atomic E-state index is 5.26. The number of nitrogens with zero attached hydrogens (tertiary/aromatic N) is 1. The maximum absolute atomic E-state index is 5.26. The molecule has 0 fully saturated rings. The molecular formula is C12H10N2S. The summed E-state index contributed by atoms with van der Waals surface area (Å²) >= 11 is 5.26. The lowest BCUT2D eigenvalue weighted by molar-refractivity contribution is 1.33. The Balaban J connectivity index is 2.12. The zero-order valence-corrected chi connectivity index (χ0v) is 8.87. The zero-order chi connectivity index (χ0) is 10.5. The van der Waals surface area contributed by atoms with E-state index in [4.69, 9.17) is 12.2 Å². The third-order valence-electron chi connectivity index (χ3n) is 1.96. The zero-order valence-electron chi connectivity index (χ0n) is 8.05. The minimum atomic E-state index is 0.712. The van der Waals surface area contributed by atoms with Gasteiger partial charge in [0.15, 0.2) is 0 Å². The summed E-state index contributed by atoms with van der Waals surface area (Å²) < 4.78 is 0. The van der Waals surface area contributed by atoms with E-state index >= 15 is 0 Å². The van der Waals surface area contributed by atoms with Crippen LogP contribution < -0.4 is 5.32 Å². The highest BCUT2D eigenvalue weighted by molar-refractivity contribution is 7.81. The number of hydrogen-bond donors (Lipinski definition) is 1. The average Bonchev–Trinajstić information content (AvgIpc) is 2.31. The molecule has 0 saturated heterocycles. The molecule has 15 heavy (non-hydrogen) atoms. The van der Waals surface area contributed by atoms with Gasteiger partial charge in [0.1, 0.15) is 4.99 Å². The van der Waals surface area contributed by atoms with Crippen molar-refractivity contribution in [2.45, 2.75) is 0 Å².